The number of aromatic nitrogens is 1. The van der Waals surface area contributed by atoms with E-state index < -0.39 is 0 Å². The first kappa shape index (κ1) is 7.25. The Hall–Kier alpha value is -1.41. The number of fused-ring (bicyclic) bond motifs is 1. The van der Waals surface area contributed by atoms with Gasteiger partial charge in [0, 0.05) is 11.5 Å². The third-order valence-electron chi connectivity index (χ3n) is 1.85. The molecule has 2 nitrogen and oxygen atoms in total. The average Bonchev–Trinajstić information content (AvgIpc) is 2.17. The van der Waals surface area contributed by atoms with E-state index in [1.54, 1.807) is 5.32 Å². The highest BCUT2D eigenvalue weighted by Gasteiger charge is 1.94. The Bertz CT molecular complexity index is 396. The molecule has 0 atom stereocenters. The van der Waals surface area contributed by atoms with Crippen LogP contribution in [0.1, 0.15) is 0 Å². The molecule has 0 spiro atoms. The van der Waals surface area contributed by atoms with Crippen molar-refractivity contribution in [3.63, 3.8) is 0 Å². The molecule has 0 aliphatic rings. The van der Waals surface area contributed by atoms with Gasteiger partial charge < -0.3 is 5.32 Å². The maximum Gasteiger partial charge on any atom is 0.122 e. The zero-order chi connectivity index (χ0) is 8.39. The van der Waals surface area contributed by atoms with Gasteiger partial charge in [-0.3, -0.25) is 4.98 Å². The maximum atomic E-state index is 4.28. The molecule has 0 aliphatic heterocycles. The summed E-state index contributed by atoms with van der Waals surface area (Å²) in [5, 5.41) is 2.97. The molecule has 1 aromatic heterocycles. The Morgan fingerprint density at radius 2 is 2.08 bits per heavy atom. The molecule has 2 aromatic rings. The van der Waals surface area contributed by atoms with Crippen molar-refractivity contribution in [3.05, 3.63) is 43.6 Å². The van der Waals surface area contributed by atoms with Crippen molar-refractivity contribution < 1.29 is 5.32 Å². The summed E-state index contributed by atoms with van der Waals surface area (Å²) in [4.78, 5) is 4.28. The molecular formula is C10H10N2. The highest BCUT2D eigenvalue weighted by Crippen LogP contribution is 2.12. The van der Waals surface area contributed by atoms with E-state index in [1.807, 2.05) is 24.4 Å². The molecule has 1 heterocycles. The fraction of sp³-hybridized carbons (Fsp3) is 0. The fourth-order valence-corrected chi connectivity index (χ4v) is 1.20. The predicted molar refractivity (Wildman–Crippen MR) is 48.7 cm³/mol. The van der Waals surface area contributed by atoms with Gasteiger partial charge >= 0.3 is 0 Å². The van der Waals surface area contributed by atoms with Crippen LogP contribution < -0.4 is 5.32 Å². The van der Waals surface area contributed by atoms with Crippen molar-refractivity contribution in [2.45, 2.75) is 0 Å². The molecule has 0 amide bonds. The summed E-state index contributed by atoms with van der Waals surface area (Å²) in [6.45, 7) is 0. The minimum atomic E-state index is 1.03. The van der Waals surface area contributed by atoms with E-state index >= 15 is 0 Å². The molecule has 1 aromatic carbocycles. The molecule has 2 heteroatoms. The van der Waals surface area contributed by atoms with E-state index in [0.29, 0.717) is 0 Å². The van der Waals surface area contributed by atoms with Gasteiger partial charge in [0.05, 0.1) is 11.7 Å². The van der Waals surface area contributed by atoms with Crippen LogP contribution in [0.4, 0.5) is 5.69 Å². The van der Waals surface area contributed by atoms with E-state index in [1.165, 1.54) is 0 Å². The van der Waals surface area contributed by atoms with Crippen LogP contribution in [0.5, 0.6) is 0 Å². The van der Waals surface area contributed by atoms with Gasteiger partial charge in [-0.25, -0.2) is 0 Å². The monoisotopic (exact) mass is 158 g/mol. The molecular weight excluding hydrogens is 148 g/mol. The van der Waals surface area contributed by atoms with Gasteiger partial charge in [0.1, 0.15) is 5.69 Å². The lowest BCUT2D eigenvalue weighted by Crippen LogP contribution is -2.69. The van der Waals surface area contributed by atoms with E-state index in [4.69, 9.17) is 0 Å². The van der Waals surface area contributed by atoms with Crippen LogP contribution in [0, 0.1) is 7.05 Å². The minimum Gasteiger partial charge on any atom is -0.444 e. The van der Waals surface area contributed by atoms with E-state index in [0.717, 1.165) is 16.6 Å². The summed E-state index contributed by atoms with van der Waals surface area (Å²) in [5.74, 6) is 0. The first-order valence-electron chi connectivity index (χ1n) is 3.87. The number of benzene rings is 1. The zero-order valence-electron chi connectivity index (χ0n) is 6.70. The lowest BCUT2D eigenvalue weighted by atomic mass is 10.2. The molecule has 0 radical (unpaired) electrons. The molecule has 2 rings (SSSR count). The number of nitrogens with zero attached hydrogens (tertiary/aromatic N) is 1. The molecule has 0 unspecified atom stereocenters. The second kappa shape index (κ2) is 2.91. The highest BCUT2D eigenvalue weighted by atomic mass is 14.8. The number of pyridine rings is 1. The van der Waals surface area contributed by atoms with Crippen molar-refractivity contribution in [2.75, 3.05) is 0 Å². The molecule has 0 bridgehead atoms. The number of nitrogens with two attached hydrogens (primary N) is 1. The normalized spacial score (nSPS) is 10.4. The summed E-state index contributed by atoms with van der Waals surface area (Å²) < 4.78 is 0. The topological polar surface area (TPSA) is 29.5 Å². The van der Waals surface area contributed by atoms with Gasteiger partial charge in [0.15, 0.2) is 0 Å². The van der Waals surface area contributed by atoms with Crippen molar-refractivity contribution in [1.29, 1.82) is 0 Å². The van der Waals surface area contributed by atoms with Gasteiger partial charge in [0.2, 0.25) is 0 Å². The number of rotatable bonds is 1. The first-order chi connectivity index (χ1) is 5.90. The standard InChI is InChI=1S/C10H10N2/c1-11-9-6-8-4-2-3-5-10(8)12-7-9/h2-7H,1,11H2. The van der Waals surface area contributed by atoms with Gasteiger partial charge in [-0.05, 0) is 6.07 Å². The van der Waals surface area contributed by atoms with Crippen LogP contribution in [-0.4, -0.2) is 4.98 Å². The second-order valence-electron chi connectivity index (χ2n) is 2.67. The summed E-state index contributed by atoms with van der Waals surface area (Å²) in [6, 6.07) is 10.1. The number of quaternary nitrogens is 1. The van der Waals surface area contributed by atoms with Crippen molar-refractivity contribution >= 4 is 16.6 Å². The summed E-state index contributed by atoms with van der Waals surface area (Å²) in [6.07, 6.45) is 1.83. The Morgan fingerprint density at radius 1 is 1.25 bits per heavy atom. The van der Waals surface area contributed by atoms with Crippen molar-refractivity contribution in [3.8, 4) is 0 Å². The molecule has 0 saturated carbocycles. The molecule has 0 fully saturated rings. The molecule has 12 heavy (non-hydrogen) atoms. The molecule has 2 N–H and O–H groups in total. The maximum absolute atomic E-state index is 4.28. The average molecular weight is 158 g/mol. The van der Waals surface area contributed by atoms with Crippen LogP contribution in [0.2, 0.25) is 0 Å². The van der Waals surface area contributed by atoms with E-state index in [9.17, 15) is 0 Å². The molecule has 60 valence electrons. The summed E-state index contributed by atoms with van der Waals surface area (Å²) >= 11 is 0. The van der Waals surface area contributed by atoms with Gasteiger partial charge in [-0.2, -0.15) is 0 Å². The Balaban J connectivity index is 2.67. The largest absolute Gasteiger partial charge is 0.444 e. The quantitative estimate of drug-likeness (QED) is 0.621. The minimum absolute atomic E-state index is 1.03. The summed E-state index contributed by atoms with van der Waals surface area (Å²) in [7, 11) is 3.70. The van der Waals surface area contributed by atoms with Crippen LogP contribution in [0.25, 0.3) is 10.9 Å². The Kier molecular flexibility index (Phi) is 1.76. The third kappa shape index (κ3) is 1.17. The van der Waals surface area contributed by atoms with E-state index in [-0.39, 0.29) is 0 Å². The summed E-state index contributed by atoms with van der Waals surface area (Å²) in [5.41, 5.74) is 2.09. The molecule has 0 aliphatic carbocycles. The Labute approximate surface area is 71.2 Å². The number of hydrogen-bond acceptors (Lipinski definition) is 1. The number of para-hydroxylation sites is 1. The predicted octanol–water partition coefficient (Wildman–Crippen LogP) is 1.22. The SMILES string of the molecule is [CH2-][NH2+]c1cnc2ccccc2c1. The Morgan fingerprint density at radius 3 is 2.92 bits per heavy atom. The van der Waals surface area contributed by atoms with E-state index in [2.05, 4.69) is 24.2 Å². The number of hydrogen-bond donors (Lipinski definition) is 1. The third-order valence-corrected chi connectivity index (χ3v) is 1.85. The zero-order valence-corrected chi connectivity index (χ0v) is 6.70. The highest BCUT2D eigenvalue weighted by molar-refractivity contribution is 5.80. The first-order valence-corrected chi connectivity index (χ1v) is 3.87. The smallest absolute Gasteiger partial charge is 0.122 e. The van der Waals surface area contributed by atoms with Crippen LogP contribution in [0.15, 0.2) is 36.5 Å². The van der Waals surface area contributed by atoms with Crippen LogP contribution in [0.3, 0.4) is 0 Å². The second-order valence-corrected chi connectivity index (χ2v) is 2.67. The van der Waals surface area contributed by atoms with Gasteiger partial charge in [-0.15, -0.1) is 7.05 Å². The van der Waals surface area contributed by atoms with Gasteiger partial charge in [0.25, 0.3) is 0 Å². The van der Waals surface area contributed by atoms with Crippen molar-refractivity contribution in [2.24, 2.45) is 0 Å². The lowest BCUT2D eigenvalue weighted by Gasteiger charge is -2.00. The van der Waals surface area contributed by atoms with Crippen LogP contribution >= 0.6 is 0 Å². The lowest BCUT2D eigenvalue weighted by molar-refractivity contribution is -0.504. The molecule has 0 saturated heterocycles. The van der Waals surface area contributed by atoms with Gasteiger partial charge in [-0.1, -0.05) is 18.2 Å². The van der Waals surface area contributed by atoms with Crippen molar-refractivity contribution in [1.82, 2.24) is 4.98 Å². The fourth-order valence-electron chi connectivity index (χ4n) is 1.20. The van der Waals surface area contributed by atoms with Crippen LogP contribution in [-0.2, 0) is 0 Å².